The molecule has 5 nitrogen and oxygen atoms in total. The first-order chi connectivity index (χ1) is 10.9. The van der Waals surface area contributed by atoms with Crippen LogP contribution in [0.3, 0.4) is 0 Å². The van der Waals surface area contributed by atoms with E-state index < -0.39 is 33.4 Å². The van der Waals surface area contributed by atoms with Crippen molar-refractivity contribution in [3.05, 3.63) is 65.7 Å². The lowest BCUT2D eigenvalue weighted by Crippen LogP contribution is -2.35. The molecule has 0 bridgehead atoms. The Morgan fingerprint density at radius 2 is 1.65 bits per heavy atom. The number of aryl methyl sites for hydroxylation is 1. The fourth-order valence-corrected chi connectivity index (χ4v) is 5.70. The highest BCUT2D eigenvalue weighted by Gasteiger charge is 2.46. The Bertz CT molecular complexity index is 819. The maximum atomic E-state index is 12.8. The van der Waals surface area contributed by atoms with Gasteiger partial charge in [0.1, 0.15) is 6.10 Å². The Morgan fingerprint density at radius 3 is 2.26 bits per heavy atom. The van der Waals surface area contributed by atoms with Gasteiger partial charge in [0.05, 0.1) is 10.9 Å². The van der Waals surface area contributed by atoms with Crippen molar-refractivity contribution < 1.29 is 16.8 Å². The van der Waals surface area contributed by atoms with E-state index in [0.29, 0.717) is 0 Å². The van der Waals surface area contributed by atoms with E-state index in [0.717, 1.165) is 14.8 Å². The molecule has 1 unspecified atom stereocenters. The molecule has 2 aromatic carbocycles. The fourth-order valence-electron chi connectivity index (χ4n) is 2.55. The van der Waals surface area contributed by atoms with E-state index in [1.54, 1.807) is 19.1 Å². The molecule has 2 aromatic rings. The van der Waals surface area contributed by atoms with Crippen LogP contribution in [0.25, 0.3) is 0 Å². The lowest BCUT2D eigenvalue weighted by molar-refractivity contribution is 0.226. The van der Waals surface area contributed by atoms with Crippen LogP contribution in [-0.2, 0) is 25.5 Å². The summed E-state index contributed by atoms with van der Waals surface area (Å²) < 4.78 is 44.2. The molecule has 122 valence electrons. The molecule has 0 amide bonds. The number of benzene rings is 2. The molecule has 1 aliphatic rings. The molecule has 1 saturated heterocycles. The second kappa shape index (κ2) is 6.16. The second-order valence-electron chi connectivity index (χ2n) is 5.46. The quantitative estimate of drug-likeness (QED) is 0.853. The van der Waals surface area contributed by atoms with Crippen molar-refractivity contribution in [2.24, 2.45) is 0 Å². The maximum absolute atomic E-state index is 12.8. The summed E-state index contributed by atoms with van der Waals surface area (Å²) in [5, 5.41) is 0. The summed E-state index contributed by atoms with van der Waals surface area (Å²) in [7, 11) is -3.89. The summed E-state index contributed by atoms with van der Waals surface area (Å²) in [4.78, 5) is 0.112. The largest absolute Gasteiger partial charge is 0.267 e. The van der Waals surface area contributed by atoms with Crippen LogP contribution in [0.5, 0.6) is 0 Å². The smallest absolute Gasteiger partial charge is 0.256 e. The van der Waals surface area contributed by atoms with Crippen molar-refractivity contribution in [3.8, 4) is 0 Å². The number of hydrogen-bond acceptors (Lipinski definition) is 4. The highest BCUT2D eigenvalue weighted by Crippen LogP contribution is 2.37. The van der Waals surface area contributed by atoms with Crippen LogP contribution in [0, 0.1) is 6.92 Å². The van der Waals surface area contributed by atoms with E-state index in [4.69, 9.17) is 4.18 Å². The van der Waals surface area contributed by atoms with Gasteiger partial charge in [0, 0.05) is 0 Å². The van der Waals surface area contributed by atoms with Crippen molar-refractivity contribution in [3.63, 3.8) is 0 Å². The topological polar surface area (TPSA) is 63.7 Å². The number of hydrogen-bond donors (Lipinski definition) is 0. The Balaban J connectivity index is 1.96. The third-order valence-corrected chi connectivity index (χ3v) is 7.41. The van der Waals surface area contributed by atoms with Crippen LogP contribution in [0.4, 0.5) is 0 Å². The molecule has 3 rings (SSSR count). The van der Waals surface area contributed by atoms with Gasteiger partial charge in [0.15, 0.2) is 0 Å². The van der Waals surface area contributed by atoms with Crippen molar-refractivity contribution in [1.29, 1.82) is 0 Å². The predicted octanol–water partition coefficient (Wildman–Crippen LogP) is 2.72. The summed E-state index contributed by atoms with van der Waals surface area (Å²) >= 11 is -2.05. The van der Waals surface area contributed by atoms with Crippen LogP contribution < -0.4 is 0 Å². The van der Waals surface area contributed by atoms with Gasteiger partial charge in [0.25, 0.3) is 21.3 Å². The molecule has 1 heterocycles. The van der Waals surface area contributed by atoms with Gasteiger partial charge in [0.2, 0.25) is 0 Å². The number of sulfonamides is 1. The van der Waals surface area contributed by atoms with Gasteiger partial charge in [-0.3, -0.25) is 4.18 Å². The van der Waals surface area contributed by atoms with E-state index in [2.05, 4.69) is 0 Å². The van der Waals surface area contributed by atoms with E-state index in [9.17, 15) is 12.6 Å². The molecular weight excluding hydrogens is 334 g/mol. The van der Waals surface area contributed by atoms with Crippen LogP contribution >= 0.6 is 0 Å². The van der Waals surface area contributed by atoms with Crippen LogP contribution in [0.2, 0.25) is 0 Å². The molecule has 0 radical (unpaired) electrons. The molecule has 0 spiro atoms. The third-order valence-electron chi connectivity index (χ3n) is 3.79. The van der Waals surface area contributed by atoms with Gasteiger partial charge in [-0.2, -0.15) is 0 Å². The van der Waals surface area contributed by atoms with Gasteiger partial charge >= 0.3 is 0 Å². The molecule has 1 fully saturated rings. The zero-order valence-electron chi connectivity index (χ0n) is 12.7. The van der Waals surface area contributed by atoms with Crippen LogP contribution in [-0.4, -0.2) is 22.4 Å². The standard InChI is InChI=1S/C16H17NO4S2/c1-12-8-10-15(11-9-12)23(19,20)17-13(2)16(21-22(17)18)14-6-4-3-5-7-14/h3-11,13,16H,1-2H3/t13-,16-,22?/m0/s1. The highest BCUT2D eigenvalue weighted by molar-refractivity contribution is 7.99. The molecule has 0 saturated carbocycles. The van der Waals surface area contributed by atoms with E-state index in [1.165, 1.54) is 12.1 Å². The minimum Gasteiger partial charge on any atom is -0.267 e. The monoisotopic (exact) mass is 351 g/mol. The summed E-state index contributed by atoms with van der Waals surface area (Å²) in [5.41, 5.74) is 1.76. The van der Waals surface area contributed by atoms with E-state index in [-0.39, 0.29) is 4.90 Å². The van der Waals surface area contributed by atoms with E-state index in [1.807, 2.05) is 37.3 Å². The zero-order valence-corrected chi connectivity index (χ0v) is 14.4. The molecule has 0 aromatic heterocycles. The van der Waals surface area contributed by atoms with Crippen molar-refractivity contribution >= 4 is 21.3 Å². The molecular formula is C16H17NO4S2. The molecule has 0 N–H and O–H groups in total. The van der Waals surface area contributed by atoms with Gasteiger partial charge in [-0.15, -0.1) is 0 Å². The molecule has 3 atom stereocenters. The lowest BCUT2D eigenvalue weighted by atomic mass is 10.0. The average molecular weight is 351 g/mol. The summed E-state index contributed by atoms with van der Waals surface area (Å²) in [6.45, 7) is 3.58. The Morgan fingerprint density at radius 1 is 1.04 bits per heavy atom. The normalized spacial score (nSPS) is 25.6. The number of nitrogens with zero attached hydrogens (tertiary/aromatic N) is 1. The first kappa shape index (κ1) is 16.3. The summed E-state index contributed by atoms with van der Waals surface area (Å²) in [5.74, 6) is 0. The van der Waals surface area contributed by atoms with Gasteiger partial charge in [-0.25, -0.2) is 12.6 Å². The Labute approximate surface area is 138 Å². The SMILES string of the molecule is Cc1ccc(S(=O)(=O)N2[C@@H](C)[C@@H](c3ccccc3)OS2=O)cc1. The Kier molecular flexibility index (Phi) is 4.37. The zero-order chi connectivity index (χ0) is 16.6. The Hall–Kier alpha value is -1.54. The maximum Gasteiger partial charge on any atom is 0.256 e. The highest BCUT2D eigenvalue weighted by atomic mass is 32.3. The van der Waals surface area contributed by atoms with Crippen molar-refractivity contribution in [2.45, 2.75) is 30.9 Å². The fraction of sp³-hybridized carbons (Fsp3) is 0.250. The predicted molar refractivity (Wildman–Crippen MR) is 88.1 cm³/mol. The molecule has 23 heavy (non-hydrogen) atoms. The molecule has 7 heteroatoms. The van der Waals surface area contributed by atoms with Crippen LogP contribution in [0.1, 0.15) is 24.2 Å². The van der Waals surface area contributed by atoms with Gasteiger partial charge < -0.3 is 0 Å². The number of rotatable bonds is 3. The van der Waals surface area contributed by atoms with Crippen LogP contribution in [0.15, 0.2) is 59.5 Å². The van der Waals surface area contributed by atoms with Crippen molar-refractivity contribution in [2.75, 3.05) is 0 Å². The van der Waals surface area contributed by atoms with Crippen molar-refractivity contribution in [1.82, 2.24) is 3.71 Å². The molecule has 0 aliphatic carbocycles. The first-order valence-electron chi connectivity index (χ1n) is 7.16. The van der Waals surface area contributed by atoms with Gasteiger partial charge in [-0.1, -0.05) is 51.7 Å². The second-order valence-corrected chi connectivity index (χ2v) is 8.52. The summed E-state index contributed by atoms with van der Waals surface area (Å²) in [6.07, 6.45) is -0.558. The summed E-state index contributed by atoms with van der Waals surface area (Å²) in [6, 6.07) is 15.1. The van der Waals surface area contributed by atoms with E-state index >= 15 is 0 Å². The average Bonchev–Trinajstić information content (AvgIpc) is 2.84. The van der Waals surface area contributed by atoms with Gasteiger partial charge in [-0.05, 0) is 31.5 Å². The molecule has 1 aliphatic heterocycles. The lowest BCUT2D eigenvalue weighted by Gasteiger charge is -2.19. The minimum absolute atomic E-state index is 0.112. The minimum atomic E-state index is -3.89. The first-order valence-corrected chi connectivity index (χ1v) is 9.63. The third kappa shape index (κ3) is 2.97.